The molecule has 3 nitrogen and oxygen atoms in total. The fraction of sp³-hybridized carbons (Fsp3) is 0.538. The number of amides is 1. The van der Waals surface area contributed by atoms with Gasteiger partial charge in [-0.05, 0) is 30.7 Å². The van der Waals surface area contributed by atoms with Gasteiger partial charge in [-0.3, -0.25) is 4.79 Å². The second-order valence-electron chi connectivity index (χ2n) is 4.28. The van der Waals surface area contributed by atoms with E-state index in [-0.39, 0.29) is 5.91 Å². The molecule has 1 aromatic rings. The van der Waals surface area contributed by atoms with E-state index in [0.717, 1.165) is 43.1 Å². The summed E-state index contributed by atoms with van der Waals surface area (Å²) < 4.78 is 0. The molecular weight excluding hydrogens is 268 g/mol. The minimum atomic E-state index is 0.0801. The molecule has 98 valence electrons. The summed E-state index contributed by atoms with van der Waals surface area (Å²) in [7, 11) is 0. The van der Waals surface area contributed by atoms with Crippen LogP contribution in [0.5, 0.6) is 0 Å². The Morgan fingerprint density at radius 3 is 3.06 bits per heavy atom. The SMILES string of the molecule is CCc1cc(C(=O)N2CCCSCC2)cc(Cl)n1. The highest BCUT2D eigenvalue weighted by Gasteiger charge is 2.18. The largest absolute Gasteiger partial charge is 0.338 e. The molecule has 2 rings (SSSR count). The topological polar surface area (TPSA) is 33.2 Å². The zero-order valence-electron chi connectivity index (χ0n) is 10.5. The van der Waals surface area contributed by atoms with E-state index in [2.05, 4.69) is 4.98 Å². The van der Waals surface area contributed by atoms with E-state index in [0.29, 0.717) is 10.7 Å². The summed E-state index contributed by atoms with van der Waals surface area (Å²) in [4.78, 5) is 18.5. The lowest BCUT2D eigenvalue weighted by atomic mass is 10.1. The minimum absolute atomic E-state index is 0.0801. The lowest BCUT2D eigenvalue weighted by Gasteiger charge is -2.20. The predicted octanol–water partition coefficient (Wildman–Crippen LogP) is 2.88. The summed E-state index contributed by atoms with van der Waals surface area (Å²) in [6.45, 7) is 3.67. The summed E-state index contributed by atoms with van der Waals surface area (Å²) in [5.74, 6) is 2.24. The molecule has 0 saturated carbocycles. The molecule has 1 aliphatic rings. The van der Waals surface area contributed by atoms with Crippen molar-refractivity contribution in [2.45, 2.75) is 19.8 Å². The van der Waals surface area contributed by atoms with Crippen molar-refractivity contribution < 1.29 is 4.79 Å². The Labute approximate surface area is 117 Å². The number of thioether (sulfide) groups is 1. The van der Waals surface area contributed by atoms with Crippen LogP contribution in [0.15, 0.2) is 12.1 Å². The minimum Gasteiger partial charge on any atom is -0.338 e. The number of carbonyl (C=O) groups is 1. The van der Waals surface area contributed by atoms with E-state index in [1.807, 2.05) is 29.7 Å². The van der Waals surface area contributed by atoms with Crippen molar-refractivity contribution >= 4 is 29.3 Å². The van der Waals surface area contributed by atoms with Gasteiger partial charge in [0.05, 0.1) is 0 Å². The molecule has 0 unspecified atom stereocenters. The van der Waals surface area contributed by atoms with Gasteiger partial charge in [0.15, 0.2) is 0 Å². The molecule has 1 aliphatic heterocycles. The zero-order chi connectivity index (χ0) is 13.0. The number of hydrogen-bond acceptors (Lipinski definition) is 3. The van der Waals surface area contributed by atoms with E-state index in [9.17, 15) is 4.79 Å². The van der Waals surface area contributed by atoms with Gasteiger partial charge in [-0.15, -0.1) is 0 Å². The molecule has 0 radical (unpaired) electrons. The van der Waals surface area contributed by atoms with Crippen molar-refractivity contribution in [3.8, 4) is 0 Å². The van der Waals surface area contributed by atoms with Gasteiger partial charge in [0.25, 0.3) is 5.91 Å². The van der Waals surface area contributed by atoms with Gasteiger partial charge in [-0.1, -0.05) is 18.5 Å². The fourth-order valence-corrected chi connectivity index (χ4v) is 3.10. The average Bonchev–Trinajstić information content (AvgIpc) is 2.65. The first kappa shape index (κ1) is 13.7. The van der Waals surface area contributed by atoms with Crippen LogP contribution < -0.4 is 0 Å². The van der Waals surface area contributed by atoms with Crippen LogP contribution in [0.25, 0.3) is 0 Å². The summed E-state index contributed by atoms with van der Waals surface area (Å²) in [6.07, 6.45) is 1.85. The van der Waals surface area contributed by atoms with Crippen LogP contribution in [0, 0.1) is 0 Å². The van der Waals surface area contributed by atoms with Gasteiger partial charge >= 0.3 is 0 Å². The summed E-state index contributed by atoms with van der Waals surface area (Å²) in [5, 5.41) is 0.405. The molecule has 1 amide bonds. The summed E-state index contributed by atoms with van der Waals surface area (Å²) in [5.41, 5.74) is 1.54. The first-order valence-corrected chi connectivity index (χ1v) is 7.77. The lowest BCUT2D eigenvalue weighted by molar-refractivity contribution is 0.0768. The molecule has 0 bridgehead atoms. The average molecular weight is 285 g/mol. The number of rotatable bonds is 2. The Morgan fingerprint density at radius 2 is 2.28 bits per heavy atom. The van der Waals surface area contributed by atoms with E-state index in [1.165, 1.54) is 0 Å². The number of carbonyl (C=O) groups excluding carboxylic acids is 1. The fourth-order valence-electron chi connectivity index (χ4n) is 1.99. The van der Waals surface area contributed by atoms with Crippen LogP contribution in [-0.4, -0.2) is 40.4 Å². The molecule has 2 heterocycles. The second-order valence-corrected chi connectivity index (χ2v) is 5.89. The van der Waals surface area contributed by atoms with Crippen molar-refractivity contribution in [3.05, 3.63) is 28.5 Å². The van der Waals surface area contributed by atoms with E-state index in [1.54, 1.807) is 6.07 Å². The van der Waals surface area contributed by atoms with Gasteiger partial charge < -0.3 is 4.90 Å². The molecule has 0 aromatic carbocycles. The van der Waals surface area contributed by atoms with Crippen LogP contribution in [-0.2, 0) is 6.42 Å². The van der Waals surface area contributed by atoms with Crippen LogP contribution in [0.2, 0.25) is 5.15 Å². The number of hydrogen-bond donors (Lipinski definition) is 0. The van der Waals surface area contributed by atoms with Crippen molar-refractivity contribution in [2.24, 2.45) is 0 Å². The molecule has 1 aromatic heterocycles. The molecule has 5 heteroatoms. The third kappa shape index (κ3) is 3.39. The highest BCUT2D eigenvalue weighted by molar-refractivity contribution is 7.99. The predicted molar refractivity (Wildman–Crippen MR) is 76.5 cm³/mol. The molecule has 1 saturated heterocycles. The van der Waals surface area contributed by atoms with Crippen molar-refractivity contribution in [1.82, 2.24) is 9.88 Å². The maximum absolute atomic E-state index is 12.4. The van der Waals surface area contributed by atoms with Crippen molar-refractivity contribution in [3.63, 3.8) is 0 Å². The maximum Gasteiger partial charge on any atom is 0.254 e. The van der Waals surface area contributed by atoms with Crippen LogP contribution in [0.1, 0.15) is 29.4 Å². The number of nitrogens with zero attached hydrogens (tertiary/aromatic N) is 2. The smallest absolute Gasteiger partial charge is 0.254 e. The molecule has 1 fully saturated rings. The first-order valence-electron chi connectivity index (χ1n) is 6.24. The zero-order valence-corrected chi connectivity index (χ0v) is 12.1. The van der Waals surface area contributed by atoms with Gasteiger partial charge in [0.2, 0.25) is 0 Å². The van der Waals surface area contributed by atoms with E-state index < -0.39 is 0 Å². The summed E-state index contributed by atoms with van der Waals surface area (Å²) >= 11 is 7.87. The molecule has 0 spiro atoms. The standard InChI is InChI=1S/C13H17ClN2OS/c1-2-11-8-10(9-12(14)15-11)13(17)16-4-3-6-18-7-5-16/h8-9H,2-7H2,1H3. The van der Waals surface area contributed by atoms with Gasteiger partial charge in [0.1, 0.15) is 5.15 Å². The molecule has 0 atom stereocenters. The molecular formula is C13H17ClN2OS. The Hall–Kier alpha value is -0.740. The van der Waals surface area contributed by atoms with Gasteiger partial charge in [0, 0.05) is 30.1 Å². The third-order valence-corrected chi connectivity index (χ3v) is 4.21. The maximum atomic E-state index is 12.4. The molecule has 18 heavy (non-hydrogen) atoms. The van der Waals surface area contributed by atoms with Crippen molar-refractivity contribution in [2.75, 3.05) is 24.6 Å². The normalized spacial score (nSPS) is 16.4. The number of aryl methyl sites for hydroxylation is 1. The Kier molecular flexibility index (Phi) is 4.89. The van der Waals surface area contributed by atoms with Crippen LogP contribution >= 0.6 is 23.4 Å². The summed E-state index contributed by atoms with van der Waals surface area (Å²) in [6, 6.07) is 3.52. The second kappa shape index (κ2) is 6.43. The number of halogens is 1. The van der Waals surface area contributed by atoms with Crippen molar-refractivity contribution in [1.29, 1.82) is 0 Å². The Morgan fingerprint density at radius 1 is 1.44 bits per heavy atom. The van der Waals surface area contributed by atoms with Crippen LogP contribution in [0.3, 0.4) is 0 Å². The van der Waals surface area contributed by atoms with Crippen LogP contribution in [0.4, 0.5) is 0 Å². The highest BCUT2D eigenvalue weighted by atomic mass is 35.5. The number of aromatic nitrogens is 1. The van der Waals surface area contributed by atoms with E-state index in [4.69, 9.17) is 11.6 Å². The lowest BCUT2D eigenvalue weighted by Crippen LogP contribution is -2.33. The quantitative estimate of drug-likeness (QED) is 0.783. The third-order valence-electron chi connectivity index (χ3n) is 2.97. The first-order chi connectivity index (χ1) is 8.70. The Balaban J connectivity index is 2.18. The number of pyridine rings is 1. The van der Waals surface area contributed by atoms with E-state index >= 15 is 0 Å². The Bertz CT molecular complexity index is 431. The van der Waals surface area contributed by atoms with Gasteiger partial charge in [-0.25, -0.2) is 4.98 Å². The molecule has 0 aliphatic carbocycles. The molecule has 0 N–H and O–H groups in total. The van der Waals surface area contributed by atoms with Gasteiger partial charge in [-0.2, -0.15) is 11.8 Å². The monoisotopic (exact) mass is 284 g/mol. The highest BCUT2D eigenvalue weighted by Crippen LogP contribution is 2.16.